The normalized spacial score (nSPS) is 17.9. The van der Waals surface area contributed by atoms with E-state index < -0.39 is 0 Å². The molecule has 1 aliphatic heterocycles. The maximum absolute atomic E-state index is 5.84. The zero-order valence-corrected chi connectivity index (χ0v) is 19.8. The molecule has 32 heavy (non-hydrogen) atoms. The first-order valence-electron chi connectivity index (χ1n) is 10.2. The second-order valence-corrected chi connectivity index (χ2v) is 8.78. The van der Waals surface area contributed by atoms with Crippen molar-refractivity contribution < 1.29 is 4.74 Å². The lowest BCUT2D eigenvalue weighted by molar-refractivity contribution is 0.414. The van der Waals surface area contributed by atoms with Crippen LogP contribution in [0.2, 0.25) is 0 Å². The van der Waals surface area contributed by atoms with Gasteiger partial charge in [-0.1, -0.05) is 34.1 Å². The predicted molar refractivity (Wildman–Crippen MR) is 134 cm³/mol. The largest absolute Gasteiger partial charge is 0.497 e. The van der Waals surface area contributed by atoms with Crippen LogP contribution in [0.4, 0.5) is 5.69 Å². The van der Waals surface area contributed by atoms with E-state index in [9.17, 15) is 0 Å². The topological polar surface area (TPSA) is 42.3 Å². The molecule has 0 radical (unpaired) electrons. The van der Waals surface area contributed by atoms with Gasteiger partial charge in [-0.3, -0.25) is 4.98 Å². The summed E-state index contributed by atoms with van der Waals surface area (Å²) in [6.07, 6.45) is 3.90. The molecule has 0 spiro atoms. The molecular weight excluding hydrogens is 484 g/mol. The van der Waals surface area contributed by atoms with Crippen LogP contribution in [0, 0.1) is 0 Å². The Labute approximate surface area is 200 Å². The summed E-state index contributed by atoms with van der Waals surface area (Å²) in [5.74, 6) is 0.785. The van der Waals surface area contributed by atoms with E-state index in [-0.39, 0.29) is 12.1 Å². The molecule has 0 bridgehead atoms. The molecule has 4 aromatic rings. The van der Waals surface area contributed by atoms with Gasteiger partial charge in [0, 0.05) is 40.0 Å². The summed E-state index contributed by atoms with van der Waals surface area (Å²) in [6.45, 7) is 0. The van der Waals surface area contributed by atoms with E-state index in [1.165, 1.54) is 0 Å². The van der Waals surface area contributed by atoms with Crippen LogP contribution >= 0.6 is 28.1 Å². The zero-order chi connectivity index (χ0) is 22.1. The summed E-state index contributed by atoms with van der Waals surface area (Å²) in [7, 11) is 1.67. The summed E-state index contributed by atoms with van der Waals surface area (Å²) < 4.78 is 8.71. The Morgan fingerprint density at radius 3 is 2.59 bits per heavy atom. The Bertz CT molecular complexity index is 1260. The monoisotopic (exact) mass is 504 g/mol. The Morgan fingerprint density at radius 1 is 0.969 bits per heavy atom. The minimum absolute atomic E-state index is 0.113. The van der Waals surface area contributed by atoms with Crippen LogP contribution in [0.25, 0.3) is 5.69 Å². The van der Waals surface area contributed by atoms with Gasteiger partial charge in [0.25, 0.3) is 0 Å². The van der Waals surface area contributed by atoms with Gasteiger partial charge < -0.3 is 19.5 Å². The number of ether oxygens (including phenoxy) is 1. The van der Waals surface area contributed by atoms with Crippen LogP contribution < -0.4 is 15.0 Å². The third-order valence-electron chi connectivity index (χ3n) is 5.60. The van der Waals surface area contributed by atoms with Crippen molar-refractivity contribution in [3.05, 3.63) is 107 Å². The maximum Gasteiger partial charge on any atom is 0.174 e. The number of hydrogen-bond acceptors (Lipinski definition) is 3. The van der Waals surface area contributed by atoms with E-state index >= 15 is 0 Å². The first kappa shape index (κ1) is 20.7. The van der Waals surface area contributed by atoms with Crippen molar-refractivity contribution in [2.24, 2.45) is 0 Å². The molecule has 2 aromatic heterocycles. The highest BCUT2D eigenvalue weighted by Crippen LogP contribution is 2.42. The minimum Gasteiger partial charge on any atom is -0.497 e. The molecule has 1 N–H and O–H groups in total. The van der Waals surface area contributed by atoms with Crippen molar-refractivity contribution >= 4 is 38.9 Å². The van der Waals surface area contributed by atoms with Gasteiger partial charge in [-0.15, -0.1) is 0 Å². The molecule has 3 heterocycles. The molecule has 0 amide bonds. The number of halogens is 1. The van der Waals surface area contributed by atoms with Gasteiger partial charge in [-0.2, -0.15) is 0 Å². The van der Waals surface area contributed by atoms with Gasteiger partial charge in [0.2, 0.25) is 0 Å². The van der Waals surface area contributed by atoms with E-state index in [0.717, 1.165) is 33.0 Å². The van der Waals surface area contributed by atoms with E-state index in [1.54, 1.807) is 7.11 Å². The molecule has 0 unspecified atom stereocenters. The van der Waals surface area contributed by atoms with Gasteiger partial charge in [-0.25, -0.2) is 0 Å². The lowest BCUT2D eigenvalue weighted by Gasteiger charge is -2.29. The number of benzene rings is 2. The predicted octanol–water partition coefficient (Wildman–Crippen LogP) is 5.82. The number of nitrogens with one attached hydrogen (secondary N) is 1. The molecule has 5 rings (SSSR count). The van der Waals surface area contributed by atoms with Gasteiger partial charge in [0.15, 0.2) is 5.11 Å². The third kappa shape index (κ3) is 3.78. The summed E-state index contributed by atoms with van der Waals surface area (Å²) >= 11 is 9.44. The Hall–Kier alpha value is -3.16. The average Bonchev–Trinajstić information content (AvgIpc) is 3.44. The Kier molecular flexibility index (Phi) is 5.68. The highest BCUT2D eigenvalue weighted by molar-refractivity contribution is 9.10. The lowest BCUT2D eigenvalue weighted by atomic mass is 10.0. The number of thiocarbonyl (C=S) groups is 1. The van der Waals surface area contributed by atoms with Crippen molar-refractivity contribution in [1.82, 2.24) is 14.9 Å². The molecule has 160 valence electrons. The van der Waals surface area contributed by atoms with Crippen molar-refractivity contribution in [2.75, 3.05) is 12.0 Å². The molecule has 1 aliphatic rings. The summed E-state index contributed by atoms with van der Waals surface area (Å²) in [5, 5.41) is 4.17. The Balaban J connectivity index is 1.67. The average molecular weight is 505 g/mol. The smallest absolute Gasteiger partial charge is 0.174 e. The van der Waals surface area contributed by atoms with E-state index in [2.05, 4.69) is 72.2 Å². The second-order valence-electron chi connectivity index (χ2n) is 7.48. The van der Waals surface area contributed by atoms with E-state index in [1.807, 2.05) is 54.7 Å². The fraction of sp³-hybridized carbons (Fsp3) is 0.120. The number of aromatic nitrogens is 2. The Morgan fingerprint density at radius 2 is 1.81 bits per heavy atom. The minimum atomic E-state index is -0.115. The van der Waals surface area contributed by atoms with Crippen molar-refractivity contribution in [3.63, 3.8) is 0 Å². The molecule has 1 saturated heterocycles. The quantitative estimate of drug-likeness (QED) is 0.346. The first-order chi connectivity index (χ1) is 15.7. The van der Waals surface area contributed by atoms with Gasteiger partial charge in [0.05, 0.1) is 18.8 Å². The standard InChI is InChI=1S/C25H21BrN4OS/c1-31-20-10-5-9-19(16-20)30-24(23(28-25(30)32)21-11-2-3-13-27-21)22-12-6-14-29(22)18-8-4-7-17(26)15-18/h2-16,23-24H,1H3,(H,28,32)/t23-,24-/m1/s1. The SMILES string of the molecule is COc1cccc(N2C(=S)N[C@H](c3ccccn3)[C@H]2c2cccn2-c2cccc(Br)c2)c1. The number of hydrogen-bond donors (Lipinski definition) is 1. The summed E-state index contributed by atoms with van der Waals surface area (Å²) in [4.78, 5) is 6.80. The van der Waals surface area contributed by atoms with Gasteiger partial charge in [-0.05, 0) is 66.8 Å². The molecule has 0 aliphatic carbocycles. The van der Waals surface area contributed by atoms with Crippen LogP contribution in [-0.2, 0) is 0 Å². The summed E-state index contributed by atoms with van der Waals surface area (Å²) in [5.41, 5.74) is 4.08. The molecule has 2 atom stereocenters. The highest BCUT2D eigenvalue weighted by Gasteiger charge is 2.42. The number of methoxy groups -OCH3 is 1. The van der Waals surface area contributed by atoms with Crippen LogP contribution in [0.1, 0.15) is 23.5 Å². The fourth-order valence-electron chi connectivity index (χ4n) is 4.19. The zero-order valence-electron chi connectivity index (χ0n) is 17.4. The second kappa shape index (κ2) is 8.76. The van der Waals surface area contributed by atoms with Crippen LogP contribution in [0.5, 0.6) is 5.75 Å². The number of nitrogens with zero attached hydrogens (tertiary/aromatic N) is 3. The number of pyridine rings is 1. The van der Waals surface area contributed by atoms with Crippen molar-refractivity contribution in [1.29, 1.82) is 0 Å². The van der Waals surface area contributed by atoms with E-state index in [0.29, 0.717) is 5.11 Å². The molecule has 0 saturated carbocycles. The molecule has 2 aromatic carbocycles. The third-order valence-corrected chi connectivity index (χ3v) is 6.41. The first-order valence-corrected chi connectivity index (χ1v) is 11.4. The number of rotatable bonds is 5. The molecule has 5 nitrogen and oxygen atoms in total. The fourth-order valence-corrected chi connectivity index (χ4v) is 4.92. The van der Waals surface area contributed by atoms with Crippen LogP contribution in [-0.4, -0.2) is 21.8 Å². The highest BCUT2D eigenvalue weighted by atomic mass is 79.9. The van der Waals surface area contributed by atoms with Crippen molar-refractivity contribution in [3.8, 4) is 11.4 Å². The number of anilines is 1. The molecular formula is C25H21BrN4OS. The molecule has 1 fully saturated rings. The van der Waals surface area contributed by atoms with E-state index in [4.69, 9.17) is 17.0 Å². The van der Waals surface area contributed by atoms with Crippen LogP contribution in [0.3, 0.4) is 0 Å². The lowest BCUT2D eigenvalue weighted by Crippen LogP contribution is -2.30. The van der Waals surface area contributed by atoms with Crippen LogP contribution in [0.15, 0.2) is 95.7 Å². The van der Waals surface area contributed by atoms with Crippen molar-refractivity contribution in [2.45, 2.75) is 12.1 Å². The molecule has 7 heteroatoms. The van der Waals surface area contributed by atoms with Gasteiger partial charge >= 0.3 is 0 Å². The summed E-state index contributed by atoms with van der Waals surface area (Å²) in [6, 6.07) is 26.2. The maximum atomic E-state index is 5.84. The van der Waals surface area contributed by atoms with Gasteiger partial charge in [0.1, 0.15) is 11.8 Å².